The van der Waals surface area contributed by atoms with Crippen LogP contribution in [0.4, 0.5) is 0 Å². The van der Waals surface area contributed by atoms with Crippen LogP contribution in [0, 0.1) is 3.70 Å². The monoisotopic (exact) mass is 341 g/mol. The summed E-state index contributed by atoms with van der Waals surface area (Å²) in [5.74, 6) is 0. The van der Waals surface area contributed by atoms with Crippen molar-refractivity contribution in [3.8, 4) is 0 Å². The van der Waals surface area contributed by atoms with E-state index in [9.17, 15) is 0 Å². The largest absolute Gasteiger partial charge is 0.235 e. The van der Waals surface area contributed by atoms with Gasteiger partial charge in [0.1, 0.15) is 3.70 Å². The molecule has 3 nitrogen and oxygen atoms in total. The van der Waals surface area contributed by atoms with E-state index in [0.29, 0.717) is 6.04 Å². The second-order valence-corrected chi connectivity index (χ2v) is 4.83. The van der Waals surface area contributed by atoms with Crippen molar-refractivity contribution in [2.75, 3.05) is 0 Å². The quantitative estimate of drug-likeness (QED) is 0.735. The lowest BCUT2D eigenvalue weighted by molar-refractivity contribution is 0.445. The Hall–Kier alpha value is 0.350. The highest BCUT2D eigenvalue weighted by molar-refractivity contribution is 14.1. The molecule has 1 heterocycles. The van der Waals surface area contributed by atoms with Gasteiger partial charge in [0.15, 0.2) is 4.60 Å². The van der Waals surface area contributed by atoms with E-state index in [1.165, 1.54) is 25.7 Å². The van der Waals surface area contributed by atoms with Crippen molar-refractivity contribution in [1.82, 2.24) is 15.0 Å². The predicted molar refractivity (Wildman–Crippen MR) is 57.9 cm³/mol. The Balaban J connectivity index is 2.26. The standard InChI is InChI=1S/C7H9BrIN3/c8-6-7(9)12(11-10-6)5-3-1-2-4-5/h5H,1-4H2. The summed E-state index contributed by atoms with van der Waals surface area (Å²) in [4.78, 5) is 0. The Morgan fingerprint density at radius 2 is 2.08 bits per heavy atom. The zero-order valence-electron chi connectivity index (χ0n) is 6.50. The molecule has 0 bridgehead atoms. The van der Waals surface area contributed by atoms with Crippen molar-refractivity contribution in [2.24, 2.45) is 0 Å². The van der Waals surface area contributed by atoms with E-state index in [0.717, 1.165) is 8.30 Å². The third kappa shape index (κ3) is 1.53. The first-order chi connectivity index (χ1) is 5.79. The number of hydrogen-bond acceptors (Lipinski definition) is 2. The molecule has 1 aromatic rings. The van der Waals surface area contributed by atoms with Crippen molar-refractivity contribution in [1.29, 1.82) is 0 Å². The maximum atomic E-state index is 4.11. The molecule has 0 radical (unpaired) electrons. The average molecular weight is 342 g/mol. The first kappa shape index (κ1) is 8.93. The molecule has 5 heteroatoms. The van der Waals surface area contributed by atoms with Crippen molar-refractivity contribution < 1.29 is 0 Å². The van der Waals surface area contributed by atoms with Gasteiger partial charge in [-0.3, -0.25) is 0 Å². The third-order valence-electron chi connectivity index (χ3n) is 2.27. The third-order valence-corrected chi connectivity index (χ3v) is 4.55. The van der Waals surface area contributed by atoms with Crippen molar-refractivity contribution in [3.63, 3.8) is 0 Å². The summed E-state index contributed by atoms with van der Waals surface area (Å²) >= 11 is 5.64. The van der Waals surface area contributed by atoms with E-state index in [2.05, 4.69) is 48.8 Å². The van der Waals surface area contributed by atoms with E-state index in [4.69, 9.17) is 0 Å². The summed E-state index contributed by atoms with van der Waals surface area (Å²) in [7, 11) is 0. The van der Waals surface area contributed by atoms with Gasteiger partial charge in [0.2, 0.25) is 0 Å². The molecule has 0 aliphatic heterocycles. The normalized spacial score (nSPS) is 18.8. The first-order valence-electron chi connectivity index (χ1n) is 4.05. The minimum atomic E-state index is 0.593. The van der Waals surface area contributed by atoms with Crippen LogP contribution in [0.25, 0.3) is 0 Å². The fourth-order valence-corrected chi connectivity index (χ4v) is 2.50. The molecule has 1 aliphatic rings. The molecule has 0 spiro atoms. The summed E-state index contributed by atoms with van der Waals surface area (Å²) < 4.78 is 4.03. The highest BCUT2D eigenvalue weighted by Gasteiger charge is 2.21. The van der Waals surface area contributed by atoms with Crippen LogP contribution >= 0.6 is 38.5 Å². The van der Waals surface area contributed by atoms with Gasteiger partial charge in [0.05, 0.1) is 6.04 Å². The Bertz CT molecular complexity index is 280. The van der Waals surface area contributed by atoms with Gasteiger partial charge in [-0.25, -0.2) is 4.68 Å². The van der Waals surface area contributed by atoms with Crippen LogP contribution in [-0.4, -0.2) is 15.0 Å². The average Bonchev–Trinajstić information content (AvgIpc) is 2.64. The predicted octanol–water partition coefficient (Wildman–Crippen LogP) is 2.76. The number of nitrogens with zero attached hydrogens (tertiary/aromatic N) is 3. The van der Waals surface area contributed by atoms with E-state index in [-0.39, 0.29) is 0 Å². The smallest absolute Gasteiger partial charge is 0.161 e. The lowest BCUT2D eigenvalue weighted by Gasteiger charge is -2.08. The zero-order valence-corrected chi connectivity index (χ0v) is 10.2. The van der Waals surface area contributed by atoms with Crippen LogP contribution in [0.2, 0.25) is 0 Å². The van der Waals surface area contributed by atoms with Gasteiger partial charge >= 0.3 is 0 Å². The second-order valence-electron chi connectivity index (χ2n) is 3.05. The molecule has 0 atom stereocenters. The second kappa shape index (κ2) is 3.61. The maximum Gasteiger partial charge on any atom is 0.161 e. The topological polar surface area (TPSA) is 30.7 Å². The SMILES string of the molecule is Brc1nnn(C2CCCC2)c1I. The summed E-state index contributed by atoms with van der Waals surface area (Å²) in [6.07, 6.45) is 5.17. The molecule has 0 unspecified atom stereocenters. The summed E-state index contributed by atoms with van der Waals surface area (Å²) in [5, 5.41) is 8.09. The Morgan fingerprint density at radius 1 is 1.42 bits per heavy atom. The first-order valence-corrected chi connectivity index (χ1v) is 5.92. The molecule has 1 aliphatic carbocycles. The molecule has 0 amide bonds. The summed E-state index contributed by atoms with van der Waals surface area (Å²) in [5.41, 5.74) is 0. The molecule has 1 saturated carbocycles. The number of aromatic nitrogens is 3. The Morgan fingerprint density at radius 3 is 2.58 bits per heavy atom. The Kier molecular flexibility index (Phi) is 2.69. The van der Waals surface area contributed by atoms with Gasteiger partial charge in [-0.15, -0.1) is 5.10 Å². The zero-order chi connectivity index (χ0) is 8.55. The fraction of sp³-hybridized carbons (Fsp3) is 0.714. The molecule has 1 aromatic heterocycles. The highest BCUT2D eigenvalue weighted by Crippen LogP contribution is 2.31. The van der Waals surface area contributed by atoms with Gasteiger partial charge in [-0.1, -0.05) is 18.1 Å². The minimum absolute atomic E-state index is 0.593. The van der Waals surface area contributed by atoms with Crippen LogP contribution in [0.1, 0.15) is 31.7 Å². The van der Waals surface area contributed by atoms with Crippen LogP contribution in [0.3, 0.4) is 0 Å². The molecule has 0 N–H and O–H groups in total. The lowest BCUT2D eigenvalue weighted by Crippen LogP contribution is -2.08. The van der Waals surface area contributed by atoms with Gasteiger partial charge < -0.3 is 0 Å². The Labute approximate surface area is 93.2 Å². The molecule has 0 aromatic carbocycles. The molecule has 2 rings (SSSR count). The molecular weight excluding hydrogens is 333 g/mol. The van der Waals surface area contributed by atoms with Crippen molar-refractivity contribution in [2.45, 2.75) is 31.7 Å². The van der Waals surface area contributed by atoms with Gasteiger partial charge in [-0.05, 0) is 51.4 Å². The number of rotatable bonds is 1. The van der Waals surface area contributed by atoms with Crippen LogP contribution < -0.4 is 0 Å². The summed E-state index contributed by atoms with van der Waals surface area (Å²) in [6, 6.07) is 0.593. The molecule has 1 fully saturated rings. The van der Waals surface area contributed by atoms with E-state index in [1.54, 1.807) is 0 Å². The van der Waals surface area contributed by atoms with Gasteiger partial charge in [0, 0.05) is 0 Å². The molecule has 0 saturated heterocycles. The van der Waals surface area contributed by atoms with Crippen molar-refractivity contribution in [3.05, 3.63) is 8.30 Å². The molecular formula is C7H9BrIN3. The lowest BCUT2D eigenvalue weighted by atomic mass is 10.3. The van der Waals surface area contributed by atoms with E-state index in [1.807, 2.05) is 4.68 Å². The maximum absolute atomic E-state index is 4.11. The minimum Gasteiger partial charge on any atom is -0.235 e. The van der Waals surface area contributed by atoms with E-state index >= 15 is 0 Å². The van der Waals surface area contributed by atoms with Gasteiger partial charge in [0.25, 0.3) is 0 Å². The van der Waals surface area contributed by atoms with Crippen LogP contribution in [-0.2, 0) is 0 Å². The molecule has 12 heavy (non-hydrogen) atoms. The highest BCUT2D eigenvalue weighted by atomic mass is 127. The van der Waals surface area contributed by atoms with Gasteiger partial charge in [-0.2, -0.15) is 0 Å². The van der Waals surface area contributed by atoms with Crippen molar-refractivity contribution >= 4 is 38.5 Å². The summed E-state index contributed by atoms with van der Waals surface area (Å²) in [6.45, 7) is 0. The molecule has 66 valence electrons. The fourth-order valence-electron chi connectivity index (χ4n) is 1.64. The number of hydrogen-bond donors (Lipinski definition) is 0. The number of halogens is 2. The van der Waals surface area contributed by atoms with Crippen LogP contribution in [0.5, 0.6) is 0 Å². The van der Waals surface area contributed by atoms with Crippen LogP contribution in [0.15, 0.2) is 4.60 Å². The van der Waals surface area contributed by atoms with E-state index < -0.39 is 0 Å².